The first-order valence-electron chi connectivity index (χ1n) is 9.39. The fourth-order valence-electron chi connectivity index (χ4n) is 2.52. The van der Waals surface area contributed by atoms with Crippen LogP contribution in [0.5, 0.6) is 5.75 Å². The average Bonchev–Trinajstić information content (AvgIpc) is 2.71. The summed E-state index contributed by atoms with van der Waals surface area (Å²) < 4.78 is 10.1. The summed E-state index contributed by atoms with van der Waals surface area (Å²) in [7, 11) is 0. The first-order chi connectivity index (χ1) is 13.8. The van der Waals surface area contributed by atoms with E-state index in [9.17, 15) is 14.4 Å². The van der Waals surface area contributed by atoms with Crippen LogP contribution >= 0.6 is 0 Å². The zero-order chi connectivity index (χ0) is 21.2. The van der Waals surface area contributed by atoms with Crippen LogP contribution in [0.15, 0.2) is 48.5 Å². The van der Waals surface area contributed by atoms with E-state index in [0.29, 0.717) is 24.6 Å². The number of carbonyl (C=O) groups excluding carboxylic acids is 3. The van der Waals surface area contributed by atoms with Crippen molar-refractivity contribution in [3.05, 3.63) is 65.2 Å². The van der Waals surface area contributed by atoms with Gasteiger partial charge in [-0.1, -0.05) is 38.1 Å². The first kappa shape index (κ1) is 21.9. The van der Waals surface area contributed by atoms with Crippen LogP contribution in [0.3, 0.4) is 0 Å². The molecule has 0 unspecified atom stereocenters. The van der Waals surface area contributed by atoms with Gasteiger partial charge in [-0.2, -0.15) is 0 Å². The van der Waals surface area contributed by atoms with Crippen molar-refractivity contribution in [2.24, 2.45) is 5.73 Å². The summed E-state index contributed by atoms with van der Waals surface area (Å²) in [5.74, 6) is -0.687. The van der Waals surface area contributed by atoms with Crippen LogP contribution in [0.1, 0.15) is 41.3 Å². The maximum Gasteiger partial charge on any atom is 0.338 e. The van der Waals surface area contributed by atoms with Gasteiger partial charge in [0, 0.05) is 6.54 Å². The quantitative estimate of drug-likeness (QED) is 0.597. The Bertz CT molecular complexity index is 829. The predicted octanol–water partition coefficient (Wildman–Crippen LogP) is 2.19. The van der Waals surface area contributed by atoms with Gasteiger partial charge in [-0.15, -0.1) is 0 Å². The molecule has 7 nitrogen and oxygen atoms in total. The van der Waals surface area contributed by atoms with Crippen molar-refractivity contribution in [1.82, 2.24) is 5.32 Å². The van der Waals surface area contributed by atoms with Crippen LogP contribution in [-0.4, -0.2) is 37.5 Å². The summed E-state index contributed by atoms with van der Waals surface area (Å²) in [5, 5.41) is 2.73. The Morgan fingerprint density at radius 3 is 2.21 bits per heavy atom. The third kappa shape index (κ3) is 7.65. The van der Waals surface area contributed by atoms with E-state index >= 15 is 0 Å². The predicted molar refractivity (Wildman–Crippen MR) is 109 cm³/mol. The average molecular weight is 398 g/mol. The lowest BCUT2D eigenvalue weighted by Crippen LogP contribution is -2.30. The minimum Gasteiger partial charge on any atom is -0.484 e. The van der Waals surface area contributed by atoms with Gasteiger partial charge in [0.15, 0.2) is 13.2 Å². The molecular formula is C22H26N2O5. The molecule has 2 rings (SSSR count). The van der Waals surface area contributed by atoms with E-state index < -0.39 is 11.9 Å². The number of rotatable bonds is 10. The molecule has 0 saturated heterocycles. The number of benzene rings is 2. The van der Waals surface area contributed by atoms with E-state index in [1.54, 1.807) is 0 Å². The third-order valence-corrected chi connectivity index (χ3v) is 4.19. The molecule has 0 aliphatic carbocycles. The van der Waals surface area contributed by atoms with Crippen molar-refractivity contribution >= 4 is 17.8 Å². The Kier molecular flexibility index (Phi) is 8.21. The Morgan fingerprint density at radius 1 is 0.966 bits per heavy atom. The van der Waals surface area contributed by atoms with Crippen LogP contribution in [0, 0.1) is 0 Å². The number of hydrogen-bond donors (Lipinski definition) is 2. The van der Waals surface area contributed by atoms with Crippen molar-refractivity contribution in [1.29, 1.82) is 0 Å². The number of hydrogen-bond acceptors (Lipinski definition) is 5. The van der Waals surface area contributed by atoms with E-state index in [-0.39, 0.29) is 24.7 Å². The molecule has 2 aromatic rings. The topological polar surface area (TPSA) is 108 Å². The molecule has 0 fully saturated rings. The van der Waals surface area contributed by atoms with E-state index in [2.05, 4.69) is 43.4 Å². The van der Waals surface area contributed by atoms with Gasteiger partial charge in [-0.3, -0.25) is 9.59 Å². The highest BCUT2D eigenvalue weighted by atomic mass is 16.5. The van der Waals surface area contributed by atoms with Crippen LogP contribution in [0.4, 0.5) is 0 Å². The molecule has 7 heteroatoms. The summed E-state index contributed by atoms with van der Waals surface area (Å²) in [6, 6.07) is 14.3. The summed E-state index contributed by atoms with van der Waals surface area (Å²) in [6.07, 6.45) is 0.699. The Balaban J connectivity index is 1.70. The van der Waals surface area contributed by atoms with Gasteiger partial charge >= 0.3 is 5.97 Å². The molecule has 2 aromatic carbocycles. The first-order valence-corrected chi connectivity index (χ1v) is 9.39. The van der Waals surface area contributed by atoms with E-state index in [1.807, 2.05) is 0 Å². The van der Waals surface area contributed by atoms with Crippen molar-refractivity contribution in [3.63, 3.8) is 0 Å². The fourth-order valence-corrected chi connectivity index (χ4v) is 2.52. The molecule has 2 amide bonds. The third-order valence-electron chi connectivity index (χ3n) is 4.19. The zero-order valence-corrected chi connectivity index (χ0v) is 16.6. The van der Waals surface area contributed by atoms with Crippen molar-refractivity contribution in [2.45, 2.75) is 26.2 Å². The molecule has 0 bridgehead atoms. The highest BCUT2D eigenvalue weighted by Gasteiger charge is 2.10. The number of esters is 1. The minimum atomic E-state index is -0.620. The molecule has 0 saturated carbocycles. The summed E-state index contributed by atoms with van der Waals surface area (Å²) >= 11 is 0. The van der Waals surface area contributed by atoms with Gasteiger partial charge in [0.25, 0.3) is 11.8 Å². The molecule has 0 heterocycles. The molecule has 29 heavy (non-hydrogen) atoms. The normalized spacial score (nSPS) is 10.4. The SMILES string of the molecule is CC(C)c1ccc(CCNC(=O)COC(=O)c2ccc(OCC(N)=O)cc2)cc1. The Morgan fingerprint density at radius 2 is 1.62 bits per heavy atom. The van der Waals surface area contributed by atoms with Gasteiger partial charge in [0.2, 0.25) is 0 Å². The monoisotopic (exact) mass is 398 g/mol. The van der Waals surface area contributed by atoms with E-state index in [1.165, 1.54) is 29.8 Å². The number of amides is 2. The van der Waals surface area contributed by atoms with Gasteiger partial charge in [0.05, 0.1) is 5.56 Å². The number of nitrogens with one attached hydrogen (secondary N) is 1. The second-order valence-corrected chi connectivity index (χ2v) is 6.85. The van der Waals surface area contributed by atoms with Gasteiger partial charge < -0.3 is 20.5 Å². The lowest BCUT2D eigenvalue weighted by atomic mass is 10.0. The molecule has 3 N–H and O–H groups in total. The summed E-state index contributed by atoms with van der Waals surface area (Å²) in [6.45, 7) is 4.14. The highest BCUT2D eigenvalue weighted by molar-refractivity contribution is 5.91. The molecule has 0 aliphatic heterocycles. The Hall–Kier alpha value is -3.35. The molecule has 0 aliphatic rings. The molecule has 154 valence electrons. The van der Waals surface area contributed by atoms with Gasteiger partial charge in [0.1, 0.15) is 5.75 Å². The van der Waals surface area contributed by atoms with Crippen LogP contribution in [0.25, 0.3) is 0 Å². The van der Waals surface area contributed by atoms with Crippen LogP contribution in [-0.2, 0) is 20.7 Å². The standard InChI is InChI=1S/C22H26N2O5/c1-15(2)17-5-3-16(4-6-17)11-12-24-21(26)14-29-22(27)18-7-9-19(10-8-18)28-13-20(23)25/h3-10,15H,11-14H2,1-2H3,(H2,23,25)(H,24,26). The number of nitrogens with two attached hydrogens (primary N) is 1. The van der Waals surface area contributed by atoms with Crippen LogP contribution in [0.2, 0.25) is 0 Å². The zero-order valence-electron chi connectivity index (χ0n) is 16.6. The number of carbonyl (C=O) groups is 3. The smallest absolute Gasteiger partial charge is 0.338 e. The second-order valence-electron chi connectivity index (χ2n) is 6.85. The Labute approximate surface area is 170 Å². The number of primary amides is 1. The second kappa shape index (κ2) is 10.8. The van der Waals surface area contributed by atoms with Gasteiger partial charge in [-0.25, -0.2) is 4.79 Å². The van der Waals surface area contributed by atoms with Crippen LogP contribution < -0.4 is 15.8 Å². The lowest BCUT2D eigenvalue weighted by Gasteiger charge is -2.09. The van der Waals surface area contributed by atoms with E-state index in [4.69, 9.17) is 15.2 Å². The van der Waals surface area contributed by atoms with Gasteiger partial charge in [-0.05, 0) is 47.7 Å². The summed E-state index contributed by atoms with van der Waals surface area (Å²) in [5.41, 5.74) is 7.67. The molecule has 0 aromatic heterocycles. The summed E-state index contributed by atoms with van der Waals surface area (Å²) in [4.78, 5) is 34.5. The van der Waals surface area contributed by atoms with Crippen molar-refractivity contribution < 1.29 is 23.9 Å². The van der Waals surface area contributed by atoms with E-state index in [0.717, 1.165) is 5.56 Å². The fraction of sp³-hybridized carbons (Fsp3) is 0.318. The minimum absolute atomic E-state index is 0.244. The highest BCUT2D eigenvalue weighted by Crippen LogP contribution is 2.15. The molecule has 0 radical (unpaired) electrons. The lowest BCUT2D eigenvalue weighted by molar-refractivity contribution is -0.124. The van der Waals surface area contributed by atoms with Crippen molar-refractivity contribution in [3.8, 4) is 5.75 Å². The van der Waals surface area contributed by atoms with Crippen molar-refractivity contribution in [2.75, 3.05) is 19.8 Å². The number of ether oxygens (including phenoxy) is 2. The molecule has 0 atom stereocenters. The maximum atomic E-state index is 12.0. The largest absolute Gasteiger partial charge is 0.484 e. The molecular weight excluding hydrogens is 372 g/mol. The molecule has 0 spiro atoms. The maximum absolute atomic E-state index is 12.0.